The molecule has 0 aromatic carbocycles. The standard InChI is InChI=1S/C10H10BrF3N2/c1-3-6(2)16-9-8(10(12,13)14)4-7(11)5-15-9/h3-6H,1H2,2H3,(H,15,16). The highest BCUT2D eigenvalue weighted by molar-refractivity contribution is 9.10. The lowest BCUT2D eigenvalue weighted by molar-refractivity contribution is -0.137. The summed E-state index contributed by atoms with van der Waals surface area (Å²) in [4.78, 5) is 3.71. The maximum atomic E-state index is 12.7. The zero-order chi connectivity index (χ0) is 12.3. The third-order valence-corrected chi connectivity index (χ3v) is 2.31. The summed E-state index contributed by atoms with van der Waals surface area (Å²) in [6.45, 7) is 5.18. The van der Waals surface area contributed by atoms with E-state index in [4.69, 9.17) is 0 Å². The molecule has 0 bridgehead atoms. The van der Waals surface area contributed by atoms with E-state index in [2.05, 4.69) is 32.8 Å². The van der Waals surface area contributed by atoms with Crippen molar-refractivity contribution in [2.75, 3.05) is 5.32 Å². The Morgan fingerprint density at radius 1 is 1.56 bits per heavy atom. The Morgan fingerprint density at radius 3 is 2.69 bits per heavy atom. The van der Waals surface area contributed by atoms with Crippen molar-refractivity contribution in [1.29, 1.82) is 0 Å². The molecule has 1 aromatic rings. The number of hydrogen-bond donors (Lipinski definition) is 1. The van der Waals surface area contributed by atoms with Crippen LogP contribution in [-0.2, 0) is 6.18 Å². The highest BCUT2D eigenvalue weighted by Gasteiger charge is 2.34. The van der Waals surface area contributed by atoms with E-state index < -0.39 is 11.7 Å². The molecule has 0 amide bonds. The van der Waals surface area contributed by atoms with E-state index >= 15 is 0 Å². The lowest BCUT2D eigenvalue weighted by atomic mass is 10.2. The first-order chi connectivity index (χ1) is 7.34. The summed E-state index contributed by atoms with van der Waals surface area (Å²) in [5.41, 5.74) is -0.796. The van der Waals surface area contributed by atoms with Crippen molar-refractivity contribution in [1.82, 2.24) is 4.98 Å². The third-order valence-electron chi connectivity index (χ3n) is 1.88. The van der Waals surface area contributed by atoms with Gasteiger partial charge in [0.25, 0.3) is 0 Å². The zero-order valence-corrected chi connectivity index (χ0v) is 10.1. The van der Waals surface area contributed by atoms with E-state index in [1.54, 1.807) is 6.92 Å². The van der Waals surface area contributed by atoms with E-state index in [1.807, 2.05) is 0 Å². The number of anilines is 1. The minimum atomic E-state index is -4.43. The normalized spacial score (nSPS) is 13.3. The topological polar surface area (TPSA) is 24.9 Å². The molecule has 0 saturated heterocycles. The van der Waals surface area contributed by atoms with E-state index in [0.717, 1.165) is 6.07 Å². The fraction of sp³-hybridized carbons (Fsp3) is 0.300. The van der Waals surface area contributed by atoms with Gasteiger partial charge in [-0.15, -0.1) is 6.58 Å². The summed E-state index contributed by atoms with van der Waals surface area (Å²) in [6.07, 6.45) is -1.61. The predicted octanol–water partition coefficient (Wildman–Crippen LogP) is 3.85. The average Bonchev–Trinajstić information content (AvgIpc) is 2.19. The molecular formula is C10H10BrF3N2. The molecule has 1 unspecified atom stereocenters. The van der Waals surface area contributed by atoms with Gasteiger partial charge in [0.2, 0.25) is 0 Å². The maximum Gasteiger partial charge on any atom is 0.419 e. The van der Waals surface area contributed by atoms with Crippen LogP contribution in [0.4, 0.5) is 19.0 Å². The van der Waals surface area contributed by atoms with Gasteiger partial charge in [-0.3, -0.25) is 0 Å². The van der Waals surface area contributed by atoms with Crippen LogP contribution in [-0.4, -0.2) is 11.0 Å². The number of nitrogens with zero attached hydrogens (tertiary/aromatic N) is 1. The van der Waals surface area contributed by atoms with Gasteiger partial charge < -0.3 is 5.32 Å². The molecule has 1 N–H and O–H groups in total. The molecule has 1 heterocycles. The number of halogens is 4. The van der Waals surface area contributed by atoms with Crippen molar-refractivity contribution < 1.29 is 13.2 Å². The van der Waals surface area contributed by atoms with Gasteiger partial charge in [0.1, 0.15) is 5.82 Å². The average molecular weight is 295 g/mol. The summed E-state index contributed by atoms with van der Waals surface area (Å²) < 4.78 is 38.3. The molecule has 6 heteroatoms. The molecule has 88 valence electrons. The monoisotopic (exact) mass is 294 g/mol. The van der Waals surface area contributed by atoms with Crippen LogP contribution in [0.3, 0.4) is 0 Å². The number of hydrogen-bond acceptors (Lipinski definition) is 2. The lowest BCUT2D eigenvalue weighted by Crippen LogP contribution is -2.17. The number of pyridine rings is 1. The van der Waals surface area contributed by atoms with Crippen molar-refractivity contribution in [3.63, 3.8) is 0 Å². The minimum Gasteiger partial charge on any atom is -0.364 e. The molecule has 16 heavy (non-hydrogen) atoms. The van der Waals surface area contributed by atoms with Gasteiger partial charge in [0.15, 0.2) is 0 Å². The van der Waals surface area contributed by atoms with Crippen LogP contribution in [0.25, 0.3) is 0 Å². The van der Waals surface area contributed by atoms with Crippen LogP contribution in [0.1, 0.15) is 12.5 Å². The van der Waals surface area contributed by atoms with Gasteiger partial charge in [-0.05, 0) is 28.9 Å². The summed E-state index contributed by atoms with van der Waals surface area (Å²) in [7, 11) is 0. The SMILES string of the molecule is C=CC(C)Nc1ncc(Br)cc1C(F)(F)F. The van der Waals surface area contributed by atoms with Crippen LogP contribution in [0.2, 0.25) is 0 Å². The van der Waals surface area contributed by atoms with Crippen molar-refractivity contribution in [2.24, 2.45) is 0 Å². The van der Waals surface area contributed by atoms with Gasteiger partial charge in [-0.25, -0.2) is 4.98 Å². The van der Waals surface area contributed by atoms with Crippen molar-refractivity contribution in [2.45, 2.75) is 19.1 Å². The number of aromatic nitrogens is 1. The molecule has 0 aliphatic rings. The third kappa shape index (κ3) is 3.23. The summed E-state index contributed by atoms with van der Waals surface area (Å²) in [5.74, 6) is -0.192. The second-order valence-electron chi connectivity index (χ2n) is 3.22. The molecule has 1 atom stereocenters. The van der Waals surface area contributed by atoms with Crippen LogP contribution in [0.15, 0.2) is 29.4 Å². The fourth-order valence-corrected chi connectivity index (χ4v) is 1.38. The van der Waals surface area contributed by atoms with Crippen molar-refractivity contribution in [3.05, 3.63) is 35.0 Å². The second-order valence-corrected chi connectivity index (χ2v) is 4.13. The number of alkyl halides is 3. The summed E-state index contributed by atoms with van der Waals surface area (Å²) >= 11 is 2.96. The Labute approximate surface area is 99.7 Å². The Bertz CT molecular complexity index is 390. The Morgan fingerprint density at radius 2 is 2.19 bits per heavy atom. The van der Waals surface area contributed by atoms with Gasteiger partial charge >= 0.3 is 6.18 Å². The molecular weight excluding hydrogens is 285 g/mol. The second kappa shape index (κ2) is 4.86. The molecule has 0 aliphatic heterocycles. The summed E-state index contributed by atoms with van der Waals surface area (Å²) in [5, 5.41) is 2.62. The van der Waals surface area contributed by atoms with Crippen molar-refractivity contribution >= 4 is 21.7 Å². The maximum absolute atomic E-state index is 12.7. The van der Waals surface area contributed by atoms with Crippen LogP contribution < -0.4 is 5.32 Å². The number of rotatable bonds is 3. The molecule has 0 fully saturated rings. The van der Waals surface area contributed by atoms with E-state index in [1.165, 1.54) is 12.3 Å². The van der Waals surface area contributed by atoms with Crippen LogP contribution >= 0.6 is 15.9 Å². The Kier molecular flexibility index (Phi) is 3.96. The smallest absolute Gasteiger partial charge is 0.364 e. The molecule has 0 aliphatic carbocycles. The van der Waals surface area contributed by atoms with Crippen molar-refractivity contribution in [3.8, 4) is 0 Å². The zero-order valence-electron chi connectivity index (χ0n) is 8.48. The first-order valence-electron chi connectivity index (χ1n) is 4.46. The molecule has 2 nitrogen and oxygen atoms in total. The first-order valence-corrected chi connectivity index (χ1v) is 5.25. The van der Waals surface area contributed by atoms with Crippen LogP contribution in [0, 0.1) is 0 Å². The van der Waals surface area contributed by atoms with Gasteiger partial charge in [0, 0.05) is 16.7 Å². The van der Waals surface area contributed by atoms with Gasteiger partial charge in [0.05, 0.1) is 5.56 Å². The molecule has 0 radical (unpaired) electrons. The fourth-order valence-electron chi connectivity index (χ4n) is 1.04. The van der Waals surface area contributed by atoms with Gasteiger partial charge in [-0.2, -0.15) is 13.2 Å². The Balaban J connectivity index is 3.13. The quantitative estimate of drug-likeness (QED) is 0.857. The molecule has 0 spiro atoms. The van der Waals surface area contributed by atoms with Gasteiger partial charge in [-0.1, -0.05) is 6.08 Å². The first kappa shape index (κ1) is 13.0. The number of nitrogens with one attached hydrogen (secondary N) is 1. The van der Waals surface area contributed by atoms with Crippen LogP contribution in [0.5, 0.6) is 0 Å². The minimum absolute atomic E-state index is 0.192. The predicted molar refractivity (Wildman–Crippen MR) is 60.2 cm³/mol. The molecule has 1 aromatic heterocycles. The largest absolute Gasteiger partial charge is 0.419 e. The van der Waals surface area contributed by atoms with E-state index in [0.29, 0.717) is 0 Å². The molecule has 1 rings (SSSR count). The van der Waals surface area contributed by atoms with E-state index in [9.17, 15) is 13.2 Å². The van der Waals surface area contributed by atoms with E-state index in [-0.39, 0.29) is 16.3 Å². The Hall–Kier alpha value is -1.04. The molecule has 0 saturated carbocycles. The summed E-state index contributed by atoms with van der Waals surface area (Å²) in [6, 6.07) is 0.709. The lowest BCUT2D eigenvalue weighted by Gasteiger charge is -2.16. The highest BCUT2D eigenvalue weighted by atomic mass is 79.9. The highest BCUT2D eigenvalue weighted by Crippen LogP contribution is 2.35.